The van der Waals surface area contributed by atoms with Gasteiger partial charge in [0.15, 0.2) is 0 Å². The lowest BCUT2D eigenvalue weighted by Crippen LogP contribution is -2.40. The second kappa shape index (κ2) is 7.13. The highest BCUT2D eigenvalue weighted by molar-refractivity contribution is 6.60. The lowest BCUT2D eigenvalue weighted by Gasteiger charge is -2.38. The molecule has 0 aliphatic heterocycles. The van der Waals surface area contributed by atoms with Crippen molar-refractivity contribution in [2.75, 3.05) is 0 Å². The Balaban J connectivity index is 5.49. The van der Waals surface area contributed by atoms with Crippen LogP contribution in [-0.4, -0.2) is 15.0 Å². The molecule has 0 rings (SSSR count). The first-order valence-corrected chi connectivity index (χ1v) is 9.73. The average Bonchev–Trinajstić information content (AvgIpc) is 2.20. The second-order valence-electron chi connectivity index (χ2n) is 8.91. The van der Waals surface area contributed by atoms with Crippen molar-refractivity contribution in [3.8, 4) is 0 Å². The van der Waals surface area contributed by atoms with Crippen LogP contribution in [0, 0.1) is 11.8 Å². The van der Waals surface area contributed by atoms with E-state index in [0.717, 1.165) is 5.57 Å². The first kappa shape index (κ1) is 20.4. The summed E-state index contributed by atoms with van der Waals surface area (Å²) in [5.74, 6) is 0.651. The molecular weight excluding hydrogens is 276 g/mol. The summed E-state index contributed by atoms with van der Waals surface area (Å²) in [4.78, 5) is 12.7. The van der Waals surface area contributed by atoms with E-state index in [1.807, 2.05) is 6.92 Å². The minimum Gasteiger partial charge on any atom is -0.518 e. The molecule has 0 bridgehead atoms. The van der Waals surface area contributed by atoms with Crippen molar-refractivity contribution in [3.63, 3.8) is 0 Å². The van der Waals surface area contributed by atoms with Gasteiger partial charge in [-0.2, -0.15) is 0 Å². The Labute approximate surface area is 134 Å². The SMILES string of the molecule is CC(C(=O)O[SiH](C(C)(C)C)C(C)(C)C)=C(C(C)C)C(C)C. The molecule has 0 aliphatic carbocycles. The topological polar surface area (TPSA) is 26.3 Å². The summed E-state index contributed by atoms with van der Waals surface area (Å²) in [5, 5.41) is 0.119. The number of rotatable bonds is 4. The van der Waals surface area contributed by atoms with Gasteiger partial charge in [0, 0.05) is 5.57 Å². The van der Waals surface area contributed by atoms with Gasteiger partial charge >= 0.3 is 5.97 Å². The molecule has 0 fully saturated rings. The van der Waals surface area contributed by atoms with Gasteiger partial charge in [-0.15, -0.1) is 0 Å². The van der Waals surface area contributed by atoms with Gasteiger partial charge in [-0.1, -0.05) is 74.8 Å². The van der Waals surface area contributed by atoms with Crippen LogP contribution < -0.4 is 0 Å². The number of carbonyl (C=O) groups is 1. The van der Waals surface area contributed by atoms with Gasteiger partial charge in [0.2, 0.25) is 9.04 Å². The zero-order chi connectivity index (χ0) is 17.2. The number of hydrogen-bond acceptors (Lipinski definition) is 2. The molecule has 3 heteroatoms. The molecule has 0 amide bonds. The first-order valence-electron chi connectivity index (χ1n) is 8.11. The molecule has 0 atom stereocenters. The van der Waals surface area contributed by atoms with Crippen LogP contribution in [0.15, 0.2) is 11.1 Å². The summed E-state index contributed by atoms with van der Waals surface area (Å²) in [6.45, 7) is 23.6. The number of hydrogen-bond donors (Lipinski definition) is 0. The van der Waals surface area contributed by atoms with E-state index in [4.69, 9.17) is 4.43 Å². The molecule has 2 nitrogen and oxygen atoms in total. The Kier molecular flexibility index (Phi) is 6.93. The molecule has 0 radical (unpaired) electrons. The molecule has 124 valence electrons. The van der Waals surface area contributed by atoms with Crippen LogP contribution in [0.2, 0.25) is 10.1 Å². The van der Waals surface area contributed by atoms with Crippen LogP contribution in [0.4, 0.5) is 0 Å². The molecular formula is C18H36O2Si. The predicted molar refractivity (Wildman–Crippen MR) is 95.0 cm³/mol. The Morgan fingerprint density at radius 2 is 1.19 bits per heavy atom. The van der Waals surface area contributed by atoms with Gasteiger partial charge in [0.05, 0.1) is 0 Å². The van der Waals surface area contributed by atoms with E-state index in [1.54, 1.807) is 0 Å². The molecule has 0 aromatic heterocycles. The van der Waals surface area contributed by atoms with E-state index in [9.17, 15) is 4.79 Å². The van der Waals surface area contributed by atoms with Gasteiger partial charge in [0.1, 0.15) is 0 Å². The Bertz CT molecular complexity index is 368. The molecule has 21 heavy (non-hydrogen) atoms. The van der Waals surface area contributed by atoms with E-state index in [1.165, 1.54) is 5.57 Å². The molecule has 0 aromatic rings. The lowest BCUT2D eigenvalue weighted by molar-refractivity contribution is -0.131. The largest absolute Gasteiger partial charge is 0.518 e. The molecule has 0 aliphatic rings. The molecule has 0 unspecified atom stereocenters. The quantitative estimate of drug-likeness (QED) is 0.507. The smallest absolute Gasteiger partial charge is 0.320 e. The molecule has 0 heterocycles. The third kappa shape index (κ3) is 5.97. The van der Waals surface area contributed by atoms with Gasteiger partial charge in [0.25, 0.3) is 0 Å². The third-order valence-corrected chi connectivity index (χ3v) is 7.38. The van der Waals surface area contributed by atoms with Crippen molar-refractivity contribution in [2.24, 2.45) is 11.8 Å². The Morgan fingerprint density at radius 3 is 1.43 bits per heavy atom. The number of carbonyl (C=O) groups excluding carboxylic acids is 1. The maximum Gasteiger partial charge on any atom is 0.320 e. The summed E-state index contributed by atoms with van der Waals surface area (Å²) in [6.07, 6.45) is 0. The predicted octanol–water partition coefficient (Wildman–Crippen LogP) is 5.48. The minimum absolute atomic E-state index is 0.0595. The normalized spacial score (nSPS) is 13.0. The zero-order valence-corrected chi connectivity index (χ0v) is 17.2. The molecule has 0 spiro atoms. The van der Waals surface area contributed by atoms with Crippen molar-refractivity contribution < 1.29 is 9.22 Å². The monoisotopic (exact) mass is 312 g/mol. The summed E-state index contributed by atoms with van der Waals surface area (Å²) in [6, 6.07) is 0. The molecule has 0 aromatic carbocycles. The maximum atomic E-state index is 12.7. The summed E-state index contributed by atoms with van der Waals surface area (Å²) < 4.78 is 6.06. The van der Waals surface area contributed by atoms with Gasteiger partial charge in [-0.3, -0.25) is 0 Å². The summed E-state index contributed by atoms with van der Waals surface area (Å²) in [5.41, 5.74) is 2.03. The fraction of sp³-hybridized carbons (Fsp3) is 0.833. The maximum absolute atomic E-state index is 12.7. The van der Waals surface area contributed by atoms with Crippen molar-refractivity contribution in [1.29, 1.82) is 0 Å². The molecule has 0 saturated heterocycles. The minimum atomic E-state index is -1.71. The first-order chi connectivity index (χ1) is 9.19. The zero-order valence-electron chi connectivity index (χ0n) is 16.0. The highest BCUT2D eigenvalue weighted by Crippen LogP contribution is 2.42. The van der Waals surface area contributed by atoms with Gasteiger partial charge in [-0.05, 0) is 28.8 Å². The van der Waals surface area contributed by atoms with Crippen LogP contribution in [0.3, 0.4) is 0 Å². The lowest BCUT2D eigenvalue weighted by atomic mass is 9.88. The van der Waals surface area contributed by atoms with E-state index in [0.29, 0.717) is 11.8 Å². The van der Waals surface area contributed by atoms with Crippen molar-refractivity contribution in [2.45, 2.75) is 86.2 Å². The van der Waals surface area contributed by atoms with Crippen molar-refractivity contribution in [3.05, 3.63) is 11.1 Å². The highest BCUT2D eigenvalue weighted by Gasteiger charge is 2.41. The fourth-order valence-corrected chi connectivity index (χ4v) is 7.19. The van der Waals surface area contributed by atoms with Crippen LogP contribution in [0.5, 0.6) is 0 Å². The average molecular weight is 313 g/mol. The van der Waals surface area contributed by atoms with E-state index >= 15 is 0 Å². The third-order valence-electron chi connectivity index (χ3n) is 3.78. The van der Waals surface area contributed by atoms with Crippen LogP contribution in [-0.2, 0) is 9.22 Å². The summed E-state index contributed by atoms with van der Waals surface area (Å²) in [7, 11) is -1.71. The Morgan fingerprint density at radius 1 is 0.857 bits per heavy atom. The second-order valence-corrected chi connectivity index (χ2v) is 13.4. The van der Waals surface area contributed by atoms with Crippen molar-refractivity contribution >= 4 is 15.0 Å². The van der Waals surface area contributed by atoms with Crippen molar-refractivity contribution in [1.82, 2.24) is 0 Å². The number of allylic oxidation sites excluding steroid dienone is 1. The van der Waals surface area contributed by atoms with Crippen LogP contribution in [0.25, 0.3) is 0 Å². The molecule has 0 saturated carbocycles. The molecule has 0 N–H and O–H groups in total. The van der Waals surface area contributed by atoms with Crippen LogP contribution >= 0.6 is 0 Å². The fourth-order valence-electron chi connectivity index (χ4n) is 3.50. The Hall–Kier alpha value is -0.573. The highest BCUT2D eigenvalue weighted by atomic mass is 28.3. The standard InChI is InChI=1S/C18H36O2Si/c1-12(2)15(13(3)4)14(5)16(19)20-21(17(6,7)8)18(9,10)11/h12-13,21H,1-11H3. The van der Waals surface area contributed by atoms with Crippen LogP contribution in [0.1, 0.15) is 76.2 Å². The van der Waals surface area contributed by atoms with E-state index in [2.05, 4.69) is 69.2 Å². The van der Waals surface area contributed by atoms with Gasteiger partial charge < -0.3 is 4.43 Å². The van der Waals surface area contributed by atoms with E-state index in [-0.39, 0.29) is 16.0 Å². The van der Waals surface area contributed by atoms with Gasteiger partial charge in [-0.25, -0.2) is 4.79 Å². The summed E-state index contributed by atoms with van der Waals surface area (Å²) >= 11 is 0. The van der Waals surface area contributed by atoms with E-state index < -0.39 is 9.04 Å².